The molecule has 0 bridgehead atoms. The number of hydrogen-bond acceptors (Lipinski definition) is 4. The summed E-state index contributed by atoms with van der Waals surface area (Å²) in [6.07, 6.45) is -3.08. The van der Waals surface area contributed by atoms with Crippen molar-refractivity contribution in [2.45, 2.75) is 25.6 Å². The van der Waals surface area contributed by atoms with E-state index >= 15 is 0 Å². The Hall–Kier alpha value is -3.03. The van der Waals surface area contributed by atoms with Crippen LogP contribution in [0, 0.1) is 0 Å². The molecule has 8 heteroatoms. The third-order valence-corrected chi connectivity index (χ3v) is 3.95. The van der Waals surface area contributed by atoms with E-state index in [1.54, 1.807) is 20.0 Å². The normalized spacial score (nSPS) is 13.4. The van der Waals surface area contributed by atoms with Crippen LogP contribution in [0.1, 0.15) is 35.3 Å². The summed E-state index contributed by atoms with van der Waals surface area (Å²) in [5, 5.41) is 11.8. The highest BCUT2D eigenvalue weighted by Crippen LogP contribution is 2.31. The van der Waals surface area contributed by atoms with Gasteiger partial charge in [0.1, 0.15) is 6.10 Å². The van der Waals surface area contributed by atoms with Gasteiger partial charge >= 0.3 is 6.18 Å². The van der Waals surface area contributed by atoms with Crippen molar-refractivity contribution in [2.75, 3.05) is 14.2 Å². The van der Waals surface area contributed by atoms with Crippen molar-refractivity contribution in [3.05, 3.63) is 76.1 Å². The van der Waals surface area contributed by atoms with Gasteiger partial charge in [-0.1, -0.05) is 48.6 Å². The maximum absolute atomic E-state index is 12.8. The van der Waals surface area contributed by atoms with Gasteiger partial charge in [-0.2, -0.15) is 13.2 Å². The maximum Gasteiger partial charge on any atom is 0.416 e. The van der Waals surface area contributed by atoms with Crippen LogP contribution in [0.3, 0.4) is 0 Å². The molecule has 1 unspecified atom stereocenters. The molecule has 0 aliphatic rings. The molecule has 0 aromatic heterocycles. The zero-order chi connectivity index (χ0) is 20.6. The number of nitrogens with zero attached hydrogens (tertiary/aromatic N) is 3. The second kappa shape index (κ2) is 9.77. The number of likely N-dealkylation sites (N-methyl/N-ethyl adjacent to an activating group) is 1. The topological polar surface area (TPSA) is 57.3 Å². The molecule has 0 heterocycles. The lowest BCUT2D eigenvalue weighted by atomic mass is 10.1. The van der Waals surface area contributed by atoms with Gasteiger partial charge in [0.05, 0.1) is 18.9 Å². The van der Waals surface area contributed by atoms with Crippen molar-refractivity contribution in [2.24, 2.45) is 10.3 Å². The van der Waals surface area contributed by atoms with E-state index in [0.717, 1.165) is 23.3 Å². The molecule has 2 aromatic carbocycles. The lowest BCUT2D eigenvalue weighted by Gasteiger charge is -2.16. The van der Waals surface area contributed by atoms with E-state index in [-0.39, 0.29) is 0 Å². The van der Waals surface area contributed by atoms with Gasteiger partial charge in [-0.05, 0) is 48.0 Å². The number of oxime groups is 2. The number of rotatable bonds is 7. The van der Waals surface area contributed by atoms with E-state index in [0.29, 0.717) is 17.8 Å². The molecule has 5 nitrogen and oxygen atoms in total. The molecule has 0 saturated carbocycles. The Bertz CT molecular complexity index is 835. The summed E-state index contributed by atoms with van der Waals surface area (Å²) in [7, 11) is 3.07. The summed E-state index contributed by atoms with van der Waals surface area (Å²) in [6.45, 7) is 1.64. The van der Waals surface area contributed by atoms with Crippen molar-refractivity contribution in [1.29, 1.82) is 0 Å². The summed E-state index contributed by atoms with van der Waals surface area (Å²) in [5.74, 6) is 0.515. The van der Waals surface area contributed by atoms with Gasteiger partial charge in [0.2, 0.25) is 0 Å². The van der Waals surface area contributed by atoms with Gasteiger partial charge in [-0.15, -0.1) is 0 Å². The first-order valence-electron chi connectivity index (χ1n) is 8.49. The smallest absolute Gasteiger partial charge is 0.416 e. The lowest BCUT2D eigenvalue weighted by molar-refractivity contribution is -0.137. The minimum Gasteiger partial charge on any atom is -0.497 e. The van der Waals surface area contributed by atoms with Crippen LogP contribution in [0.2, 0.25) is 0 Å². The predicted molar refractivity (Wildman–Crippen MR) is 102 cm³/mol. The van der Waals surface area contributed by atoms with Crippen molar-refractivity contribution in [1.82, 2.24) is 0 Å². The molecular formula is C20H21F3N3O2-. The average molecular weight is 392 g/mol. The van der Waals surface area contributed by atoms with Crippen LogP contribution in [-0.4, -0.2) is 26.2 Å². The van der Waals surface area contributed by atoms with Gasteiger partial charge < -0.3 is 15.0 Å². The van der Waals surface area contributed by atoms with Gasteiger partial charge in [0, 0.05) is 0 Å². The van der Waals surface area contributed by atoms with Gasteiger partial charge in [-0.3, -0.25) is 5.16 Å². The molecular weight excluding hydrogens is 371 g/mol. The summed E-state index contributed by atoms with van der Waals surface area (Å²) < 4.78 is 38.5. The molecule has 1 atom stereocenters. The van der Waals surface area contributed by atoms with Gasteiger partial charge in [-0.25, -0.2) is 0 Å². The summed E-state index contributed by atoms with van der Waals surface area (Å²) >= 11 is 0. The van der Waals surface area contributed by atoms with E-state index in [2.05, 4.69) is 15.6 Å². The minimum absolute atomic E-state index is 0.388. The monoisotopic (exact) mass is 392 g/mol. The SMILES string of the molecule is C[N-]C(Cc1ccccc1C=NOC(C)c1cccc(C(F)(F)F)c1)=NOC. The Balaban J connectivity index is 2.10. The number of alkyl halides is 3. The van der Waals surface area contributed by atoms with Crippen molar-refractivity contribution < 1.29 is 22.8 Å². The summed E-state index contributed by atoms with van der Waals surface area (Å²) in [6, 6.07) is 12.5. The highest BCUT2D eigenvalue weighted by molar-refractivity contribution is 5.96. The number of halogens is 3. The maximum atomic E-state index is 12.8. The molecule has 2 rings (SSSR count). The van der Waals surface area contributed by atoms with Gasteiger partial charge in [0.15, 0.2) is 0 Å². The second-order valence-electron chi connectivity index (χ2n) is 5.89. The molecule has 2 aromatic rings. The van der Waals surface area contributed by atoms with Crippen LogP contribution in [0.25, 0.3) is 5.32 Å². The fourth-order valence-electron chi connectivity index (χ4n) is 2.46. The quantitative estimate of drug-likeness (QED) is 0.364. The zero-order valence-corrected chi connectivity index (χ0v) is 15.8. The highest BCUT2D eigenvalue weighted by Gasteiger charge is 2.30. The molecule has 0 amide bonds. The van der Waals surface area contributed by atoms with E-state index < -0.39 is 17.8 Å². The Kier molecular flexibility index (Phi) is 7.43. The zero-order valence-electron chi connectivity index (χ0n) is 15.8. The Labute approximate surface area is 161 Å². The largest absolute Gasteiger partial charge is 0.497 e. The molecule has 0 aliphatic carbocycles. The van der Waals surface area contributed by atoms with Crippen molar-refractivity contribution >= 4 is 12.1 Å². The summed E-state index contributed by atoms with van der Waals surface area (Å²) in [4.78, 5) is 10.1. The Morgan fingerprint density at radius 1 is 1.18 bits per heavy atom. The van der Waals surface area contributed by atoms with Crippen LogP contribution in [0.4, 0.5) is 13.2 Å². The molecule has 28 heavy (non-hydrogen) atoms. The fraction of sp³-hybridized carbons (Fsp3) is 0.300. The molecule has 0 N–H and O–H groups in total. The number of hydrogen-bond donors (Lipinski definition) is 0. The van der Waals surface area contributed by atoms with E-state index in [9.17, 15) is 13.2 Å². The van der Waals surface area contributed by atoms with Crippen LogP contribution in [-0.2, 0) is 22.3 Å². The van der Waals surface area contributed by atoms with Crippen LogP contribution in [0.5, 0.6) is 0 Å². The van der Waals surface area contributed by atoms with E-state index in [1.165, 1.54) is 19.4 Å². The Morgan fingerprint density at radius 2 is 1.93 bits per heavy atom. The first kappa shape index (κ1) is 21.3. The van der Waals surface area contributed by atoms with Crippen LogP contribution >= 0.6 is 0 Å². The average Bonchev–Trinajstić information content (AvgIpc) is 2.68. The molecule has 0 spiro atoms. The Morgan fingerprint density at radius 3 is 2.61 bits per heavy atom. The minimum atomic E-state index is -4.40. The molecule has 0 fully saturated rings. The first-order chi connectivity index (χ1) is 13.3. The fourth-order valence-corrected chi connectivity index (χ4v) is 2.46. The third kappa shape index (κ3) is 6.00. The first-order valence-corrected chi connectivity index (χ1v) is 8.49. The third-order valence-electron chi connectivity index (χ3n) is 3.95. The number of amidine groups is 1. The second-order valence-corrected chi connectivity index (χ2v) is 5.89. The van der Waals surface area contributed by atoms with Crippen molar-refractivity contribution in [3.63, 3.8) is 0 Å². The van der Waals surface area contributed by atoms with Crippen molar-refractivity contribution in [3.8, 4) is 0 Å². The van der Waals surface area contributed by atoms with Crippen LogP contribution in [0.15, 0.2) is 58.8 Å². The molecule has 0 saturated heterocycles. The standard InChI is InChI=1S/C20H21F3N3O2/c1-14(15-9-6-10-18(11-15)20(21,22)23)28-25-13-17-8-5-4-7-16(17)12-19(24-2)26-27-3/h4-11,13-14H,12H2,1-3H3/q-1. The van der Waals surface area contributed by atoms with Crippen LogP contribution < -0.4 is 0 Å². The van der Waals surface area contributed by atoms with Gasteiger partial charge in [0.25, 0.3) is 0 Å². The molecule has 0 aliphatic heterocycles. The molecule has 0 radical (unpaired) electrons. The lowest BCUT2D eigenvalue weighted by Crippen LogP contribution is -2.06. The van der Waals surface area contributed by atoms with E-state index in [1.807, 2.05) is 24.3 Å². The molecule has 150 valence electrons. The predicted octanol–water partition coefficient (Wildman–Crippen LogP) is 5.32. The van der Waals surface area contributed by atoms with E-state index in [4.69, 9.17) is 9.68 Å². The number of benzene rings is 2. The highest BCUT2D eigenvalue weighted by atomic mass is 19.4. The summed E-state index contributed by atoms with van der Waals surface area (Å²) in [5.41, 5.74) is 1.36.